The van der Waals surface area contributed by atoms with Gasteiger partial charge in [-0.25, -0.2) is 8.78 Å². The van der Waals surface area contributed by atoms with Gasteiger partial charge in [0.2, 0.25) is 0 Å². The molecular weight excluding hydrogens is 252 g/mol. The molecule has 1 unspecified atom stereocenters. The minimum Gasteiger partial charge on any atom is -0.378 e. The van der Waals surface area contributed by atoms with Gasteiger partial charge in [0.25, 0.3) is 0 Å². The van der Waals surface area contributed by atoms with Gasteiger partial charge in [0, 0.05) is 18.7 Å². The number of hydrogen-bond acceptors (Lipinski definition) is 3. The monoisotopic (exact) mass is 269 g/mol. The third kappa shape index (κ3) is 3.36. The summed E-state index contributed by atoms with van der Waals surface area (Å²) in [4.78, 5) is 14.1. The van der Waals surface area contributed by atoms with Crippen LogP contribution in [0.4, 0.5) is 8.78 Å². The molecule has 1 aromatic carbocycles. The summed E-state index contributed by atoms with van der Waals surface area (Å²) >= 11 is 0. The van der Waals surface area contributed by atoms with Crippen LogP contribution in [0, 0.1) is 11.6 Å². The first kappa shape index (κ1) is 14.1. The number of nitrogens with zero attached hydrogens (tertiary/aromatic N) is 1. The van der Waals surface area contributed by atoms with Crippen molar-refractivity contribution in [2.45, 2.75) is 19.4 Å². The van der Waals surface area contributed by atoms with Gasteiger partial charge in [0.05, 0.1) is 25.3 Å². The van der Waals surface area contributed by atoms with Crippen LogP contribution < -0.4 is 0 Å². The Hall–Kier alpha value is -1.33. The van der Waals surface area contributed by atoms with Crippen molar-refractivity contribution in [2.24, 2.45) is 0 Å². The second kappa shape index (κ2) is 6.21. The highest BCUT2D eigenvalue weighted by molar-refractivity contribution is 5.97. The molecule has 0 radical (unpaired) electrons. The number of carbonyl (C=O) groups is 1. The van der Waals surface area contributed by atoms with Gasteiger partial charge in [-0.15, -0.1) is 0 Å². The van der Waals surface area contributed by atoms with Crippen LogP contribution in [0.3, 0.4) is 0 Å². The van der Waals surface area contributed by atoms with Gasteiger partial charge in [0.15, 0.2) is 5.78 Å². The van der Waals surface area contributed by atoms with E-state index in [2.05, 4.69) is 0 Å². The van der Waals surface area contributed by atoms with Gasteiger partial charge in [-0.2, -0.15) is 0 Å². The van der Waals surface area contributed by atoms with Crippen LogP contribution in [0.1, 0.15) is 23.7 Å². The molecule has 3 nitrogen and oxygen atoms in total. The van der Waals surface area contributed by atoms with Crippen molar-refractivity contribution in [2.75, 3.05) is 26.3 Å². The molecule has 104 valence electrons. The van der Waals surface area contributed by atoms with E-state index in [1.54, 1.807) is 0 Å². The van der Waals surface area contributed by atoms with Gasteiger partial charge in [-0.05, 0) is 18.6 Å². The predicted octanol–water partition coefficient (Wildman–Crippen LogP) is 2.26. The fraction of sp³-hybridized carbons (Fsp3) is 0.500. The SMILES string of the molecule is CCC1COCCN1CC(=O)c1ccc(F)cc1F. The number of ether oxygens (including phenoxy) is 1. The fourth-order valence-corrected chi connectivity index (χ4v) is 2.26. The zero-order valence-electron chi connectivity index (χ0n) is 10.9. The second-order valence-corrected chi connectivity index (χ2v) is 4.65. The van der Waals surface area contributed by atoms with Crippen molar-refractivity contribution in [1.29, 1.82) is 0 Å². The van der Waals surface area contributed by atoms with Crippen LogP contribution in [0.5, 0.6) is 0 Å². The van der Waals surface area contributed by atoms with Gasteiger partial charge in [-0.3, -0.25) is 9.69 Å². The highest BCUT2D eigenvalue weighted by Crippen LogP contribution is 2.14. The first-order chi connectivity index (χ1) is 9.11. The summed E-state index contributed by atoms with van der Waals surface area (Å²) in [6, 6.07) is 3.23. The molecule has 1 heterocycles. The van der Waals surface area contributed by atoms with Crippen molar-refractivity contribution in [3.05, 3.63) is 35.4 Å². The molecule has 0 aliphatic carbocycles. The van der Waals surface area contributed by atoms with E-state index < -0.39 is 11.6 Å². The molecule has 0 bridgehead atoms. The van der Waals surface area contributed by atoms with Crippen LogP contribution in [-0.2, 0) is 4.74 Å². The van der Waals surface area contributed by atoms with Crippen LogP contribution in [0.15, 0.2) is 18.2 Å². The van der Waals surface area contributed by atoms with E-state index in [1.165, 1.54) is 6.07 Å². The number of Topliss-reactive ketones (excluding diaryl/α,β-unsaturated/α-hetero) is 1. The molecule has 5 heteroatoms. The second-order valence-electron chi connectivity index (χ2n) is 4.65. The number of ketones is 1. The van der Waals surface area contributed by atoms with Crippen molar-refractivity contribution in [3.8, 4) is 0 Å². The summed E-state index contributed by atoms with van der Waals surface area (Å²) in [5.41, 5.74) is -0.0530. The molecular formula is C14H17F2NO2. The third-order valence-electron chi connectivity index (χ3n) is 3.40. The Labute approximate surface area is 111 Å². The van der Waals surface area contributed by atoms with Gasteiger partial charge < -0.3 is 4.74 Å². The first-order valence-electron chi connectivity index (χ1n) is 6.42. The smallest absolute Gasteiger partial charge is 0.179 e. The zero-order valence-corrected chi connectivity index (χ0v) is 10.9. The minimum absolute atomic E-state index is 0.0530. The van der Waals surface area contributed by atoms with E-state index in [9.17, 15) is 13.6 Å². The van der Waals surface area contributed by atoms with E-state index in [0.29, 0.717) is 19.8 Å². The van der Waals surface area contributed by atoms with Crippen molar-refractivity contribution >= 4 is 5.78 Å². The molecule has 0 N–H and O–H groups in total. The standard InChI is InChI=1S/C14H17F2NO2/c1-2-11-9-19-6-5-17(11)8-14(18)12-4-3-10(15)7-13(12)16/h3-4,7,11H,2,5-6,8-9H2,1H3. The number of rotatable bonds is 4. The van der Waals surface area contributed by atoms with Gasteiger partial charge in [0.1, 0.15) is 11.6 Å². The lowest BCUT2D eigenvalue weighted by molar-refractivity contribution is -0.00590. The minimum atomic E-state index is -0.800. The molecule has 0 amide bonds. The topological polar surface area (TPSA) is 29.5 Å². The Morgan fingerprint density at radius 1 is 1.47 bits per heavy atom. The molecule has 0 saturated carbocycles. The Morgan fingerprint density at radius 3 is 2.95 bits per heavy atom. The highest BCUT2D eigenvalue weighted by atomic mass is 19.1. The molecule has 1 atom stereocenters. The maximum Gasteiger partial charge on any atom is 0.179 e. The summed E-state index contributed by atoms with van der Waals surface area (Å²) in [5.74, 6) is -1.80. The molecule has 2 rings (SSSR count). The van der Waals surface area contributed by atoms with E-state index >= 15 is 0 Å². The number of carbonyl (C=O) groups excluding carboxylic acids is 1. The Morgan fingerprint density at radius 2 is 2.26 bits per heavy atom. The van der Waals surface area contributed by atoms with Crippen molar-refractivity contribution < 1.29 is 18.3 Å². The average molecular weight is 269 g/mol. The highest BCUT2D eigenvalue weighted by Gasteiger charge is 2.24. The summed E-state index contributed by atoms with van der Waals surface area (Å²) in [6.45, 7) is 4.00. The van der Waals surface area contributed by atoms with Crippen LogP contribution in [0.2, 0.25) is 0 Å². The summed E-state index contributed by atoms with van der Waals surface area (Å²) in [6.07, 6.45) is 0.874. The molecule has 19 heavy (non-hydrogen) atoms. The number of halogens is 2. The lowest BCUT2D eigenvalue weighted by Gasteiger charge is -2.34. The number of morpholine rings is 1. The summed E-state index contributed by atoms with van der Waals surface area (Å²) in [7, 11) is 0. The average Bonchev–Trinajstić information content (AvgIpc) is 2.39. The molecule has 1 aliphatic rings. The number of benzene rings is 1. The Bertz CT molecular complexity index is 465. The molecule has 1 aliphatic heterocycles. The molecule has 1 aromatic rings. The van der Waals surface area contributed by atoms with E-state index in [4.69, 9.17) is 4.74 Å². The Kier molecular flexibility index (Phi) is 4.61. The van der Waals surface area contributed by atoms with Gasteiger partial charge >= 0.3 is 0 Å². The molecule has 1 saturated heterocycles. The van der Waals surface area contributed by atoms with Crippen LogP contribution in [0.25, 0.3) is 0 Å². The normalized spacial score (nSPS) is 20.5. The predicted molar refractivity (Wildman–Crippen MR) is 67.2 cm³/mol. The molecule has 0 spiro atoms. The summed E-state index contributed by atoms with van der Waals surface area (Å²) in [5, 5.41) is 0. The van der Waals surface area contributed by atoms with E-state index in [-0.39, 0.29) is 23.9 Å². The quantitative estimate of drug-likeness (QED) is 0.785. The lowest BCUT2D eigenvalue weighted by Crippen LogP contribution is -2.47. The summed E-state index contributed by atoms with van der Waals surface area (Å²) < 4.78 is 31.7. The van der Waals surface area contributed by atoms with Crippen molar-refractivity contribution in [3.63, 3.8) is 0 Å². The molecule has 1 fully saturated rings. The van der Waals surface area contributed by atoms with Crippen LogP contribution >= 0.6 is 0 Å². The van der Waals surface area contributed by atoms with E-state index in [1.807, 2.05) is 11.8 Å². The maximum atomic E-state index is 13.5. The maximum absolute atomic E-state index is 13.5. The fourth-order valence-electron chi connectivity index (χ4n) is 2.26. The van der Waals surface area contributed by atoms with E-state index in [0.717, 1.165) is 18.6 Å². The zero-order chi connectivity index (χ0) is 13.8. The first-order valence-corrected chi connectivity index (χ1v) is 6.42. The third-order valence-corrected chi connectivity index (χ3v) is 3.40. The number of hydrogen-bond donors (Lipinski definition) is 0. The van der Waals surface area contributed by atoms with Crippen molar-refractivity contribution in [1.82, 2.24) is 4.90 Å². The largest absolute Gasteiger partial charge is 0.378 e. The Balaban J connectivity index is 2.07. The molecule has 0 aromatic heterocycles. The lowest BCUT2D eigenvalue weighted by atomic mass is 10.1. The van der Waals surface area contributed by atoms with Gasteiger partial charge in [-0.1, -0.05) is 6.92 Å². The van der Waals surface area contributed by atoms with Crippen LogP contribution in [-0.4, -0.2) is 43.0 Å².